The van der Waals surface area contributed by atoms with Gasteiger partial charge in [-0.2, -0.15) is 0 Å². The molecule has 18 heavy (non-hydrogen) atoms. The van der Waals surface area contributed by atoms with Crippen molar-refractivity contribution in [3.05, 3.63) is 29.3 Å². The van der Waals surface area contributed by atoms with Crippen LogP contribution in [0.15, 0.2) is 18.2 Å². The quantitative estimate of drug-likeness (QED) is 0.869. The lowest BCUT2D eigenvalue weighted by atomic mass is 9.86. The van der Waals surface area contributed by atoms with Gasteiger partial charge in [0.05, 0.1) is 13.2 Å². The fourth-order valence-corrected chi connectivity index (χ4v) is 2.52. The van der Waals surface area contributed by atoms with Crippen molar-refractivity contribution in [2.45, 2.75) is 32.4 Å². The van der Waals surface area contributed by atoms with Gasteiger partial charge < -0.3 is 15.0 Å². The lowest BCUT2D eigenvalue weighted by Crippen LogP contribution is -2.48. The van der Waals surface area contributed by atoms with E-state index in [4.69, 9.17) is 4.74 Å². The average Bonchev–Trinajstić information content (AvgIpc) is 2.28. The number of hydrogen-bond donors (Lipinski definition) is 1. The molecule has 0 aromatic heterocycles. The Morgan fingerprint density at radius 3 is 2.33 bits per heavy atom. The molecule has 0 radical (unpaired) electrons. The lowest BCUT2D eigenvalue weighted by molar-refractivity contribution is 0.173. The van der Waals surface area contributed by atoms with Crippen LogP contribution in [0.5, 0.6) is 5.75 Å². The third-order valence-corrected chi connectivity index (χ3v) is 3.52. The summed E-state index contributed by atoms with van der Waals surface area (Å²) in [4.78, 5) is 2.23. The van der Waals surface area contributed by atoms with Crippen molar-refractivity contribution in [1.82, 2.24) is 10.2 Å². The molecule has 0 heterocycles. The van der Waals surface area contributed by atoms with Gasteiger partial charge in [-0.25, -0.2) is 0 Å². The molecular weight excluding hydrogens is 224 g/mol. The maximum atomic E-state index is 5.52. The largest absolute Gasteiger partial charge is 0.496 e. The summed E-state index contributed by atoms with van der Waals surface area (Å²) >= 11 is 0. The van der Waals surface area contributed by atoms with Crippen molar-refractivity contribution in [3.8, 4) is 5.75 Å². The van der Waals surface area contributed by atoms with Gasteiger partial charge in [0.25, 0.3) is 0 Å². The summed E-state index contributed by atoms with van der Waals surface area (Å²) < 4.78 is 5.52. The topological polar surface area (TPSA) is 24.5 Å². The molecule has 0 aliphatic carbocycles. The van der Waals surface area contributed by atoms with Crippen molar-refractivity contribution in [1.29, 1.82) is 0 Å². The van der Waals surface area contributed by atoms with Crippen LogP contribution in [-0.2, 0) is 0 Å². The molecule has 1 rings (SSSR count). The second-order valence-corrected chi connectivity index (χ2v) is 5.58. The molecule has 0 saturated carbocycles. The van der Waals surface area contributed by atoms with Gasteiger partial charge in [-0.3, -0.25) is 0 Å². The standard InChI is InChI=1S/C15H26N2O/c1-11-8-9-13(18-7)12(10-11)14(17(5)6)15(2,3)16-4/h8-10,14,16H,1-7H3. The second kappa shape index (κ2) is 5.72. The summed E-state index contributed by atoms with van der Waals surface area (Å²) in [5.74, 6) is 0.947. The van der Waals surface area contributed by atoms with Crippen molar-refractivity contribution in [2.75, 3.05) is 28.3 Å². The van der Waals surface area contributed by atoms with Crippen LogP contribution in [0, 0.1) is 6.92 Å². The molecule has 1 N–H and O–H groups in total. The highest BCUT2D eigenvalue weighted by molar-refractivity contribution is 5.40. The van der Waals surface area contributed by atoms with Crippen molar-refractivity contribution >= 4 is 0 Å². The first-order valence-corrected chi connectivity index (χ1v) is 6.33. The number of ether oxygens (including phenoxy) is 1. The molecule has 1 aromatic rings. The minimum Gasteiger partial charge on any atom is -0.496 e. The summed E-state index contributed by atoms with van der Waals surface area (Å²) in [6, 6.07) is 6.59. The summed E-state index contributed by atoms with van der Waals surface area (Å²) in [6.45, 7) is 6.53. The molecular formula is C15H26N2O. The van der Waals surface area contributed by atoms with Crippen molar-refractivity contribution < 1.29 is 4.74 Å². The highest BCUT2D eigenvalue weighted by Gasteiger charge is 2.33. The van der Waals surface area contributed by atoms with Gasteiger partial charge in [0.2, 0.25) is 0 Å². The van der Waals surface area contributed by atoms with E-state index in [-0.39, 0.29) is 11.6 Å². The molecule has 0 saturated heterocycles. The average molecular weight is 250 g/mol. The first kappa shape index (κ1) is 15.0. The van der Waals surface area contributed by atoms with E-state index >= 15 is 0 Å². The van der Waals surface area contributed by atoms with E-state index in [1.165, 1.54) is 11.1 Å². The van der Waals surface area contributed by atoms with E-state index < -0.39 is 0 Å². The molecule has 0 fully saturated rings. The molecule has 1 atom stereocenters. The van der Waals surface area contributed by atoms with Gasteiger partial charge in [0.15, 0.2) is 0 Å². The van der Waals surface area contributed by atoms with Crippen LogP contribution >= 0.6 is 0 Å². The third kappa shape index (κ3) is 3.03. The Kier molecular flexibility index (Phi) is 4.77. The van der Waals surface area contributed by atoms with Gasteiger partial charge in [-0.05, 0) is 48.0 Å². The number of rotatable bonds is 5. The predicted molar refractivity (Wildman–Crippen MR) is 77.3 cm³/mol. The SMILES string of the molecule is CNC(C)(C)C(c1cc(C)ccc1OC)N(C)C. The smallest absolute Gasteiger partial charge is 0.123 e. The number of benzene rings is 1. The van der Waals surface area contributed by atoms with Crippen molar-refractivity contribution in [2.24, 2.45) is 0 Å². The monoisotopic (exact) mass is 250 g/mol. The Bertz CT molecular complexity index is 399. The molecule has 0 aliphatic heterocycles. The fourth-order valence-electron chi connectivity index (χ4n) is 2.52. The summed E-state index contributed by atoms with van der Waals surface area (Å²) in [7, 11) is 7.93. The maximum Gasteiger partial charge on any atom is 0.123 e. The Balaban J connectivity index is 3.34. The van der Waals surface area contributed by atoms with Crippen LogP contribution in [0.4, 0.5) is 0 Å². The van der Waals surface area contributed by atoms with Crippen LogP contribution in [0.3, 0.4) is 0 Å². The molecule has 1 unspecified atom stereocenters. The molecule has 3 nitrogen and oxygen atoms in total. The first-order valence-electron chi connectivity index (χ1n) is 6.33. The highest BCUT2D eigenvalue weighted by atomic mass is 16.5. The van der Waals surface area contributed by atoms with E-state index in [0.29, 0.717) is 0 Å². The number of aryl methyl sites for hydroxylation is 1. The Labute approximate surface area is 111 Å². The van der Waals surface area contributed by atoms with Gasteiger partial charge in [-0.1, -0.05) is 17.7 Å². The normalized spacial score (nSPS) is 13.8. The van der Waals surface area contributed by atoms with Crippen LogP contribution in [-0.4, -0.2) is 38.7 Å². The second-order valence-electron chi connectivity index (χ2n) is 5.58. The molecule has 3 heteroatoms. The van der Waals surface area contributed by atoms with Gasteiger partial charge in [0.1, 0.15) is 5.75 Å². The van der Waals surface area contributed by atoms with E-state index in [9.17, 15) is 0 Å². The van der Waals surface area contributed by atoms with Crippen LogP contribution in [0.2, 0.25) is 0 Å². The molecule has 0 amide bonds. The van der Waals surface area contributed by atoms with Crippen LogP contribution < -0.4 is 10.1 Å². The van der Waals surface area contributed by atoms with Gasteiger partial charge >= 0.3 is 0 Å². The van der Waals surface area contributed by atoms with E-state index in [1.807, 2.05) is 13.1 Å². The molecule has 0 bridgehead atoms. The molecule has 0 spiro atoms. The van der Waals surface area contributed by atoms with E-state index in [1.54, 1.807) is 7.11 Å². The number of hydrogen-bond acceptors (Lipinski definition) is 3. The number of nitrogens with zero attached hydrogens (tertiary/aromatic N) is 1. The summed E-state index contributed by atoms with van der Waals surface area (Å²) in [6.07, 6.45) is 0. The Hall–Kier alpha value is -1.06. The van der Waals surface area contributed by atoms with E-state index in [2.05, 4.69) is 57.2 Å². The predicted octanol–water partition coefficient (Wildman–Crippen LogP) is 2.60. The third-order valence-electron chi connectivity index (χ3n) is 3.52. The van der Waals surface area contributed by atoms with Crippen LogP contribution in [0.25, 0.3) is 0 Å². The molecule has 1 aromatic carbocycles. The lowest BCUT2D eigenvalue weighted by Gasteiger charge is -2.39. The zero-order valence-electron chi connectivity index (χ0n) is 12.7. The Morgan fingerprint density at radius 2 is 1.89 bits per heavy atom. The maximum absolute atomic E-state index is 5.52. The summed E-state index contributed by atoms with van der Waals surface area (Å²) in [5.41, 5.74) is 2.44. The first-order chi connectivity index (χ1) is 8.33. The zero-order valence-corrected chi connectivity index (χ0v) is 12.7. The Morgan fingerprint density at radius 1 is 1.28 bits per heavy atom. The molecule has 102 valence electrons. The minimum atomic E-state index is -0.0371. The van der Waals surface area contributed by atoms with Crippen molar-refractivity contribution in [3.63, 3.8) is 0 Å². The van der Waals surface area contributed by atoms with E-state index in [0.717, 1.165) is 5.75 Å². The van der Waals surface area contributed by atoms with Crippen LogP contribution in [0.1, 0.15) is 31.0 Å². The number of methoxy groups -OCH3 is 1. The zero-order chi connectivity index (χ0) is 13.9. The molecule has 0 aliphatic rings. The van der Waals surface area contributed by atoms with Gasteiger partial charge in [0, 0.05) is 11.1 Å². The highest BCUT2D eigenvalue weighted by Crippen LogP contribution is 2.36. The van der Waals surface area contributed by atoms with Gasteiger partial charge in [-0.15, -0.1) is 0 Å². The summed E-state index contributed by atoms with van der Waals surface area (Å²) in [5, 5.41) is 3.39. The number of likely N-dealkylation sites (N-methyl/N-ethyl adjacent to an activating group) is 2. The fraction of sp³-hybridized carbons (Fsp3) is 0.600. The minimum absolute atomic E-state index is 0.0371. The number of nitrogens with one attached hydrogen (secondary N) is 1.